The Kier molecular flexibility index (Phi) is 36.5. The normalized spacial score (nSPS) is 21.0. The number of carbonyl (C=O) groups excluding carboxylic acids is 1. The lowest BCUT2D eigenvalue weighted by molar-refractivity contribution is -0.305. The summed E-state index contributed by atoms with van der Waals surface area (Å²) in [4.78, 5) is 12.8. The zero-order chi connectivity index (χ0) is 41.4. The number of rotatable bonds is 38. The molecule has 0 radical (unpaired) electrons. The van der Waals surface area contributed by atoms with Gasteiger partial charge in [-0.15, -0.1) is 0 Å². The third kappa shape index (κ3) is 30.6. The number of carbonyl (C=O) groups is 1. The highest BCUT2D eigenvalue weighted by atomic mass is 16.7. The quantitative estimate of drug-likeness (QED) is 0.0273. The summed E-state index contributed by atoms with van der Waals surface area (Å²) in [6, 6.07) is 0. The molecule has 1 fully saturated rings. The molecule has 1 heterocycles. The van der Waals surface area contributed by atoms with Crippen molar-refractivity contribution in [2.24, 2.45) is 0 Å². The van der Waals surface area contributed by atoms with Gasteiger partial charge in [0.2, 0.25) is 0 Å². The van der Waals surface area contributed by atoms with E-state index in [1.807, 2.05) is 0 Å². The molecule has 6 unspecified atom stereocenters. The molecule has 9 heteroatoms. The van der Waals surface area contributed by atoms with Crippen LogP contribution in [0.2, 0.25) is 0 Å². The first-order valence-electron chi connectivity index (χ1n) is 22.9. The molecule has 0 amide bonds. The molecule has 0 spiro atoms. The standard InChI is InChI=1S/C48H84O9/c1-3-5-7-9-11-13-15-17-19-20-21-22-23-25-27-29-31-33-35-37-44(50)56-42(41-55-48-47(53)46(52)45(51)43(39-49)57-48)40-54-38-36-34-32-30-28-26-24-18-16-14-12-10-8-6-4-2/h10-13,16-19,21-22,42-43,45-49,51-53H,3-9,14-15,20,23-41H2,1-2H3/b12-10-,13-11-,18-16-,19-17-,22-21-. The topological polar surface area (TPSA) is 135 Å². The fraction of sp³-hybridized carbons (Fsp3) is 0.771. The summed E-state index contributed by atoms with van der Waals surface area (Å²) in [7, 11) is 0. The first-order chi connectivity index (χ1) is 27.9. The minimum Gasteiger partial charge on any atom is -0.457 e. The van der Waals surface area contributed by atoms with Crippen LogP contribution in [0.15, 0.2) is 60.8 Å². The maximum Gasteiger partial charge on any atom is 0.306 e. The van der Waals surface area contributed by atoms with Crippen LogP contribution in [0.4, 0.5) is 0 Å². The van der Waals surface area contributed by atoms with Gasteiger partial charge < -0.3 is 39.4 Å². The number of aliphatic hydroxyl groups is 4. The maximum absolute atomic E-state index is 12.8. The van der Waals surface area contributed by atoms with Gasteiger partial charge in [-0.1, -0.05) is 152 Å². The maximum atomic E-state index is 12.8. The molecule has 0 saturated carbocycles. The van der Waals surface area contributed by atoms with Gasteiger partial charge >= 0.3 is 5.97 Å². The van der Waals surface area contributed by atoms with Crippen LogP contribution in [0.1, 0.15) is 174 Å². The highest BCUT2D eigenvalue weighted by molar-refractivity contribution is 5.69. The molecule has 1 aliphatic heterocycles. The number of hydrogen-bond donors (Lipinski definition) is 4. The van der Waals surface area contributed by atoms with E-state index in [-0.39, 0.29) is 19.2 Å². The van der Waals surface area contributed by atoms with Gasteiger partial charge in [0.15, 0.2) is 6.29 Å². The van der Waals surface area contributed by atoms with E-state index in [2.05, 4.69) is 74.6 Å². The Morgan fingerprint density at radius 3 is 1.58 bits per heavy atom. The lowest BCUT2D eigenvalue weighted by Crippen LogP contribution is -2.59. The van der Waals surface area contributed by atoms with Gasteiger partial charge in [-0.3, -0.25) is 4.79 Å². The molecular weight excluding hydrogens is 721 g/mol. The van der Waals surface area contributed by atoms with Crippen molar-refractivity contribution in [3.05, 3.63) is 60.8 Å². The van der Waals surface area contributed by atoms with E-state index in [0.29, 0.717) is 13.0 Å². The predicted octanol–water partition coefficient (Wildman–Crippen LogP) is 10.3. The Labute approximate surface area is 347 Å². The summed E-state index contributed by atoms with van der Waals surface area (Å²) in [5, 5.41) is 40.1. The minimum absolute atomic E-state index is 0.126. The molecule has 9 nitrogen and oxygen atoms in total. The van der Waals surface area contributed by atoms with Crippen LogP contribution < -0.4 is 0 Å². The molecular formula is C48H84O9. The van der Waals surface area contributed by atoms with Gasteiger partial charge in [0.1, 0.15) is 30.5 Å². The van der Waals surface area contributed by atoms with E-state index in [1.165, 1.54) is 77.0 Å². The first-order valence-corrected chi connectivity index (χ1v) is 22.9. The first kappa shape index (κ1) is 52.9. The molecule has 1 rings (SSSR count). The number of esters is 1. The van der Waals surface area contributed by atoms with E-state index in [1.54, 1.807) is 0 Å². The molecule has 1 saturated heterocycles. The average molecular weight is 805 g/mol. The summed E-state index contributed by atoms with van der Waals surface area (Å²) in [5.74, 6) is -0.332. The van der Waals surface area contributed by atoms with Crippen LogP contribution in [0, 0.1) is 0 Å². The van der Waals surface area contributed by atoms with Crippen LogP contribution in [0.25, 0.3) is 0 Å². The molecule has 6 atom stereocenters. The Bertz CT molecular complexity index is 1050. The minimum atomic E-state index is -1.54. The van der Waals surface area contributed by atoms with Gasteiger partial charge in [0, 0.05) is 13.0 Å². The summed E-state index contributed by atoms with van der Waals surface area (Å²) in [6.45, 7) is 4.44. The number of ether oxygens (including phenoxy) is 4. The van der Waals surface area contributed by atoms with Crippen molar-refractivity contribution in [3.63, 3.8) is 0 Å². The monoisotopic (exact) mass is 805 g/mol. The third-order valence-electron chi connectivity index (χ3n) is 10.2. The highest BCUT2D eigenvalue weighted by Gasteiger charge is 2.44. The number of allylic oxidation sites excluding steroid dienone is 10. The van der Waals surface area contributed by atoms with Crippen LogP contribution in [-0.2, 0) is 23.7 Å². The smallest absolute Gasteiger partial charge is 0.306 e. The van der Waals surface area contributed by atoms with Crippen LogP contribution in [0.3, 0.4) is 0 Å². The molecule has 0 aromatic rings. The fourth-order valence-electron chi connectivity index (χ4n) is 6.51. The number of unbranched alkanes of at least 4 members (excludes halogenated alkanes) is 17. The number of aliphatic hydroxyl groups excluding tert-OH is 4. The molecule has 0 aromatic carbocycles. The molecule has 57 heavy (non-hydrogen) atoms. The van der Waals surface area contributed by atoms with Gasteiger partial charge in [-0.25, -0.2) is 0 Å². The Morgan fingerprint density at radius 1 is 0.561 bits per heavy atom. The Hall–Kier alpha value is -2.11. The summed E-state index contributed by atoms with van der Waals surface area (Å²) >= 11 is 0. The van der Waals surface area contributed by atoms with Crippen molar-refractivity contribution < 1.29 is 44.2 Å². The summed E-state index contributed by atoms with van der Waals surface area (Å²) in [5.41, 5.74) is 0. The van der Waals surface area contributed by atoms with Crippen LogP contribution in [-0.4, -0.2) is 89.6 Å². The number of hydrogen-bond acceptors (Lipinski definition) is 9. The average Bonchev–Trinajstić information content (AvgIpc) is 3.21. The van der Waals surface area contributed by atoms with Crippen molar-refractivity contribution in [3.8, 4) is 0 Å². The zero-order valence-corrected chi connectivity index (χ0v) is 36.1. The van der Waals surface area contributed by atoms with Crippen molar-refractivity contribution >= 4 is 5.97 Å². The summed E-state index contributed by atoms with van der Waals surface area (Å²) in [6.07, 6.45) is 42.4. The van der Waals surface area contributed by atoms with Gasteiger partial charge in [0.25, 0.3) is 0 Å². The largest absolute Gasteiger partial charge is 0.457 e. The van der Waals surface area contributed by atoms with Crippen molar-refractivity contribution in [1.29, 1.82) is 0 Å². The highest BCUT2D eigenvalue weighted by Crippen LogP contribution is 2.22. The molecule has 4 N–H and O–H groups in total. The predicted molar refractivity (Wildman–Crippen MR) is 233 cm³/mol. The van der Waals surface area contributed by atoms with E-state index in [4.69, 9.17) is 18.9 Å². The van der Waals surface area contributed by atoms with E-state index in [9.17, 15) is 25.2 Å². The molecule has 1 aliphatic rings. The van der Waals surface area contributed by atoms with Gasteiger partial charge in [0.05, 0.1) is 19.8 Å². The van der Waals surface area contributed by atoms with Crippen LogP contribution in [0.5, 0.6) is 0 Å². The van der Waals surface area contributed by atoms with Crippen LogP contribution >= 0.6 is 0 Å². The second kappa shape index (κ2) is 39.4. The SMILES string of the molecule is CCCC/C=C\C/C=C\CCCCCCCCOCC(COC1OC(CO)C(O)C(O)C1O)OC(=O)CCCCCCCC/C=C\C/C=C\C/C=C\CCCCC. The lowest BCUT2D eigenvalue weighted by Gasteiger charge is -2.39. The second-order valence-electron chi connectivity index (χ2n) is 15.5. The molecule has 330 valence electrons. The van der Waals surface area contributed by atoms with Crippen molar-refractivity contribution in [2.45, 2.75) is 211 Å². The van der Waals surface area contributed by atoms with E-state index >= 15 is 0 Å². The summed E-state index contributed by atoms with van der Waals surface area (Å²) < 4.78 is 22.8. The molecule has 0 bridgehead atoms. The second-order valence-corrected chi connectivity index (χ2v) is 15.5. The molecule has 0 aliphatic carbocycles. The van der Waals surface area contributed by atoms with E-state index < -0.39 is 43.4 Å². The van der Waals surface area contributed by atoms with Gasteiger partial charge in [-0.05, 0) is 77.0 Å². The molecule has 0 aromatic heterocycles. The lowest BCUT2D eigenvalue weighted by atomic mass is 9.99. The Balaban J connectivity index is 2.28. The van der Waals surface area contributed by atoms with E-state index in [0.717, 1.165) is 77.0 Å². The van der Waals surface area contributed by atoms with Crippen molar-refractivity contribution in [2.75, 3.05) is 26.4 Å². The van der Waals surface area contributed by atoms with Crippen molar-refractivity contribution in [1.82, 2.24) is 0 Å². The fourth-order valence-corrected chi connectivity index (χ4v) is 6.51. The third-order valence-corrected chi connectivity index (χ3v) is 10.2. The van der Waals surface area contributed by atoms with Gasteiger partial charge in [-0.2, -0.15) is 0 Å². The zero-order valence-electron chi connectivity index (χ0n) is 36.1. The Morgan fingerprint density at radius 2 is 1.04 bits per heavy atom.